The maximum absolute atomic E-state index is 10.6. The summed E-state index contributed by atoms with van der Waals surface area (Å²) in [6, 6.07) is 6.07. The van der Waals surface area contributed by atoms with Crippen molar-refractivity contribution in [3.63, 3.8) is 0 Å². The number of hydrogen-bond donors (Lipinski definition) is 1. The third kappa shape index (κ3) is 3.81. The van der Waals surface area contributed by atoms with Crippen molar-refractivity contribution in [2.75, 3.05) is 6.61 Å². The molecule has 4 heteroatoms. The number of hydrogen-bond acceptors (Lipinski definition) is 3. The second-order valence-electron chi connectivity index (χ2n) is 3.13. The second kappa shape index (κ2) is 5.14. The SMILES string of the molecule is CC(=O)CCOc1ccc(C(=O)O)cc1. The van der Waals surface area contributed by atoms with Crippen molar-refractivity contribution >= 4 is 11.8 Å². The highest BCUT2D eigenvalue weighted by Crippen LogP contribution is 2.12. The van der Waals surface area contributed by atoms with E-state index < -0.39 is 5.97 Å². The lowest BCUT2D eigenvalue weighted by Crippen LogP contribution is -2.03. The summed E-state index contributed by atoms with van der Waals surface area (Å²) >= 11 is 0. The van der Waals surface area contributed by atoms with E-state index in [1.807, 2.05) is 0 Å². The van der Waals surface area contributed by atoms with Gasteiger partial charge in [0.2, 0.25) is 0 Å². The van der Waals surface area contributed by atoms with Crippen LogP contribution in [0.3, 0.4) is 0 Å². The Hall–Kier alpha value is -1.84. The fourth-order valence-corrected chi connectivity index (χ4v) is 1.01. The van der Waals surface area contributed by atoms with Crippen LogP contribution in [0.15, 0.2) is 24.3 Å². The van der Waals surface area contributed by atoms with Gasteiger partial charge in [-0.1, -0.05) is 0 Å². The van der Waals surface area contributed by atoms with Crippen LogP contribution in [0.5, 0.6) is 5.75 Å². The van der Waals surface area contributed by atoms with Crippen LogP contribution < -0.4 is 4.74 Å². The number of benzene rings is 1. The van der Waals surface area contributed by atoms with Gasteiger partial charge in [0.25, 0.3) is 0 Å². The summed E-state index contributed by atoms with van der Waals surface area (Å²) in [6.45, 7) is 1.82. The number of Topliss-reactive ketones (excluding diaryl/α,β-unsaturated/α-hetero) is 1. The van der Waals surface area contributed by atoms with Crippen LogP contribution in [0.4, 0.5) is 0 Å². The number of carboxylic acids is 1. The van der Waals surface area contributed by atoms with Gasteiger partial charge >= 0.3 is 5.97 Å². The monoisotopic (exact) mass is 208 g/mol. The molecule has 0 radical (unpaired) electrons. The van der Waals surface area contributed by atoms with Crippen LogP contribution in [0.1, 0.15) is 23.7 Å². The van der Waals surface area contributed by atoms with E-state index in [4.69, 9.17) is 9.84 Å². The van der Waals surface area contributed by atoms with Gasteiger partial charge in [-0.3, -0.25) is 4.79 Å². The molecule has 0 saturated carbocycles. The predicted octanol–water partition coefficient (Wildman–Crippen LogP) is 1.74. The zero-order valence-corrected chi connectivity index (χ0v) is 8.40. The van der Waals surface area contributed by atoms with Crippen molar-refractivity contribution in [1.29, 1.82) is 0 Å². The Morgan fingerprint density at radius 2 is 1.87 bits per heavy atom. The molecule has 0 aliphatic heterocycles. The van der Waals surface area contributed by atoms with Crippen LogP contribution in [-0.2, 0) is 4.79 Å². The Labute approximate surface area is 87.5 Å². The van der Waals surface area contributed by atoms with E-state index in [1.54, 1.807) is 12.1 Å². The average molecular weight is 208 g/mol. The maximum Gasteiger partial charge on any atom is 0.335 e. The van der Waals surface area contributed by atoms with Gasteiger partial charge in [-0.2, -0.15) is 0 Å². The van der Waals surface area contributed by atoms with Gasteiger partial charge in [-0.15, -0.1) is 0 Å². The second-order valence-corrected chi connectivity index (χ2v) is 3.13. The molecule has 1 aromatic rings. The van der Waals surface area contributed by atoms with E-state index in [2.05, 4.69) is 0 Å². The molecule has 0 unspecified atom stereocenters. The Morgan fingerprint density at radius 3 is 2.33 bits per heavy atom. The molecular formula is C11H12O4. The van der Waals surface area contributed by atoms with E-state index in [9.17, 15) is 9.59 Å². The smallest absolute Gasteiger partial charge is 0.335 e. The number of carbonyl (C=O) groups excluding carboxylic acids is 1. The third-order valence-corrected chi connectivity index (χ3v) is 1.82. The molecule has 4 nitrogen and oxygen atoms in total. The number of ether oxygens (including phenoxy) is 1. The highest BCUT2D eigenvalue weighted by atomic mass is 16.5. The number of carboxylic acid groups (broad SMARTS) is 1. The van der Waals surface area contributed by atoms with Crippen LogP contribution in [0, 0.1) is 0 Å². The summed E-state index contributed by atoms with van der Waals surface area (Å²) in [5.74, 6) is -0.330. The molecule has 0 aliphatic carbocycles. The van der Waals surface area contributed by atoms with Crippen molar-refractivity contribution in [1.82, 2.24) is 0 Å². The first-order valence-corrected chi connectivity index (χ1v) is 4.55. The van der Waals surface area contributed by atoms with E-state index >= 15 is 0 Å². The van der Waals surface area contributed by atoms with E-state index in [0.29, 0.717) is 18.8 Å². The van der Waals surface area contributed by atoms with Crippen LogP contribution in [0.25, 0.3) is 0 Å². The minimum Gasteiger partial charge on any atom is -0.493 e. The Balaban J connectivity index is 2.50. The first kappa shape index (κ1) is 11.2. The van der Waals surface area contributed by atoms with Crippen molar-refractivity contribution in [3.05, 3.63) is 29.8 Å². The Kier molecular flexibility index (Phi) is 3.85. The zero-order valence-electron chi connectivity index (χ0n) is 8.40. The number of aromatic carboxylic acids is 1. The summed E-state index contributed by atoms with van der Waals surface area (Å²) in [5.41, 5.74) is 0.217. The first-order chi connectivity index (χ1) is 7.09. The Bertz CT molecular complexity index is 353. The molecule has 0 aromatic heterocycles. The quantitative estimate of drug-likeness (QED) is 0.800. The van der Waals surface area contributed by atoms with Crippen molar-refractivity contribution in [2.45, 2.75) is 13.3 Å². The van der Waals surface area contributed by atoms with Gasteiger partial charge in [0.15, 0.2) is 0 Å². The summed E-state index contributed by atoms with van der Waals surface area (Å²) in [7, 11) is 0. The summed E-state index contributed by atoms with van der Waals surface area (Å²) < 4.78 is 5.24. The van der Waals surface area contributed by atoms with Gasteiger partial charge in [-0.25, -0.2) is 4.79 Å². The number of ketones is 1. The first-order valence-electron chi connectivity index (χ1n) is 4.55. The molecule has 1 N–H and O–H groups in total. The summed E-state index contributed by atoms with van der Waals surface area (Å²) in [5, 5.41) is 8.64. The van der Waals surface area contributed by atoms with Gasteiger partial charge < -0.3 is 9.84 Å². The molecule has 0 bridgehead atoms. The van der Waals surface area contributed by atoms with E-state index in [1.165, 1.54) is 19.1 Å². The maximum atomic E-state index is 10.6. The van der Waals surface area contributed by atoms with Gasteiger partial charge in [0.05, 0.1) is 12.2 Å². The molecule has 0 atom stereocenters. The molecule has 0 saturated heterocycles. The van der Waals surface area contributed by atoms with Crippen molar-refractivity contribution in [2.24, 2.45) is 0 Å². The van der Waals surface area contributed by atoms with Crippen molar-refractivity contribution < 1.29 is 19.4 Å². The lowest BCUT2D eigenvalue weighted by molar-refractivity contribution is -0.117. The highest BCUT2D eigenvalue weighted by Gasteiger charge is 2.02. The molecule has 1 aromatic carbocycles. The lowest BCUT2D eigenvalue weighted by Gasteiger charge is -2.04. The number of rotatable bonds is 5. The molecule has 0 heterocycles. The largest absolute Gasteiger partial charge is 0.493 e. The predicted molar refractivity (Wildman–Crippen MR) is 54.2 cm³/mol. The normalized spacial score (nSPS) is 9.67. The molecule has 0 amide bonds. The molecule has 0 aliphatic rings. The third-order valence-electron chi connectivity index (χ3n) is 1.82. The summed E-state index contributed by atoms with van der Waals surface area (Å²) in [6.07, 6.45) is 0.362. The van der Waals surface area contributed by atoms with Gasteiger partial charge in [0.1, 0.15) is 11.5 Å². The Morgan fingerprint density at radius 1 is 1.27 bits per heavy atom. The van der Waals surface area contributed by atoms with Crippen LogP contribution in [0.2, 0.25) is 0 Å². The van der Waals surface area contributed by atoms with Crippen LogP contribution in [-0.4, -0.2) is 23.5 Å². The topological polar surface area (TPSA) is 63.6 Å². The molecular weight excluding hydrogens is 196 g/mol. The van der Waals surface area contributed by atoms with E-state index in [0.717, 1.165) is 0 Å². The fraction of sp³-hybridized carbons (Fsp3) is 0.273. The molecule has 0 fully saturated rings. The average Bonchev–Trinajstić information content (AvgIpc) is 2.18. The molecule has 0 spiro atoms. The standard InChI is InChI=1S/C11H12O4/c1-8(12)6-7-15-10-4-2-9(3-5-10)11(13)14/h2-5H,6-7H2,1H3,(H,13,14). The fourth-order valence-electron chi connectivity index (χ4n) is 1.01. The minimum absolute atomic E-state index is 0.0668. The molecule has 1 rings (SSSR count). The minimum atomic E-state index is -0.967. The molecule has 15 heavy (non-hydrogen) atoms. The number of carbonyl (C=O) groups is 2. The zero-order chi connectivity index (χ0) is 11.3. The van der Waals surface area contributed by atoms with Gasteiger partial charge in [0, 0.05) is 6.42 Å². The summed E-state index contributed by atoms with van der Waals surface area (Å²) in [4.78, 5) is 21.1. The lowest BCUT2D eigenvalue weighted by atomic mass is 10.2. The van der Waals surface area contributed by atoms with E-state index in [-0.39, 0.29) is 11.3 Å². The van der Waals surface area contributed by atoms with Crippen LogP contribution >= 0.6 is 0 Å². The van der Waals surface area contributed by atoms with Crippen molar-refractivity contribution in [3.8, 4) is 5.75 Å². The highest BCUT2D eigenvalue weighted by molar-refractivity contribution is 5.87. The van der Waals surface area contributed by atoms with Gasteiger partial charge in [-0.05, 0) is 31.2 Å². The molecule has 80 valence electrons.